The minimum atomic E-state index is 0.905. The number of aromatic nitrogens is 2. The van der Waals surface area contributed by atoms with Crippen molar-refractivity contribution >= 4 is 38.2 Å². The molecule has 4 aromatic carbocycles. The average Bonchev–Trinajstić information content (AvgIpc) is 2.96. The SMILES string of the molecule is C=C/C=C(\C=C/C)c1ccc2ccc3ccc(-c4cccc(-c5ccc6ccccc6c5)c4)nc3c2n1. The molecule has 0 spiro atoms. The zero-order valence-corrected chi connectivity index (χ0v) is 20.7. The number of allylic oxidation sites excluding steroid dienone is 5. The summed E-state index contributed by atoms with van der Waals surface area (Å²) in [6, 6.07) is 36.3. The van der Waals surface area contributed by atoms with Gasteiger partial charge in [0.1, 0.15) is 0 Å². The van der Waals surface area contributed by atoms with Gasteiger partial charge in [0.05, 0.1) is 22.4 Å². The standard InChI is InChI=1S/C35H26N2/c1-3-8-25(9-4-2)32-20-18-26-15-16-27-19-21-33(37-35(27)34(26)36-32)31-13-7-12-29(23-31)30-17-14-24-10-5-6-11-28(24)22-30/h3-23H,1H2,2H3/b9-4-,25-8+. The third kappa shape index (κ3) is 4.34. The van der Waals surface area contributed by atoms with Crippen LogP contribution in [0.25, 0.3) is 60.5 Å². The van der Waals surface area contributed by atoms with Gasteiger partial charge in [0.2, 0.25) is 0 Å². The fourth-order valence-corrected chi connectivity index (χ4v) is 4.85. The first-order valence-electron chi connectivity index (χ1n) is 12.5. The lowest BCUT2D eigenvalue weighted by Crippen LogP contribution is -1.92. The number of benzene rings is 4. The van der Waals surface area contributed by atoms with Crippen LogP contribution in [0.2, 0.25) is 0 Å². The summed E-state index contributed by atoms with van der Waals surface area (Å²) in [5.74, 6) is 0. The summed E-state index contributed by atoms with van der Waals surface area (Å²) >= 11 is 0. The van der Waals surface area contributed by atoms with Crippen LogP contribution in [-0.4, -0.2) is 9.97 Å². The predicted molar refractivity (Wildman–Crippen MR) is 158 cm³/mol. The second-order valence-electron chi connectivity index (χ2n) is 9.10. The molecule has 0 fully saturated rings. The Labute approximate surface area is 217 Å². The van der Waals surface area contributed by atoms with E-state index in [0.29, 0.717) is 0 Å². The van der Waals surface area contributed by atoms with Crippen LogP contribution in [0.15, 0.2) is 134 Å². The minimum absolute atomic E-state index is 0.905. The number of nitrogens with zero attached hydrogens (tertiary/aromatic N) is 2. The molecule has 0 bridgehead atoms. The summed E-state index contributed by atoms with van der Waals surface area (Å²) in [6.45, 7) is 5.87. The van der Waals surface area contributed by atoms with Crippen molar-refractivity contribution in [2.75, 3.05) is 0 Å². The highest BCUT2D eigenvalue weighted by Crippen LogP contribution is 2.31. The monoisotopic (exact) mass is 474 g/mol. The van der Waals surface area contributed by atoms with Crippen LogP contribution in [0.3, 0.4) is 0 Å². The molecule has 0 radical (unpaired) electrons. The van der Waals surface area contributed by atoms with E-state index in [9.17, 15) is 0 Å². The molecule has 0 saturated carbocycles. The van der Waals surface area contributed by atoms with Gasteiger partial charge in [-0.25, -0.2) is 9.97 Å². The van der Waals surface area contributed by atoms with Gasteiger partial charge in [0.15, 0.2) is 0 Å². The van der Waals surface area contributed by atoms with Crippen molar-refractivity contribution in [3.05, 3.63) is 140 Å². The number of pyridine rings is 2. The number of hydrogen-bond donors (Lipinski definition) is 0. The van der Waals surface area contributed by atoms with E-state index in [4.69, 9.17) is 9.97 Å². The normalized spacial score (nSPS) is 12.1. The Morgan fingerprint density at radius 3 is 2.11 bits per heavy atom. The van der Waals surface area contributed by atoms with Gasteiger partial charge in [-0.1, -0.05) is 110 Å². The van der Waals surface area contributed by atoms with Crippen LogP contribution in [0.1, 0.15) is 12.6 Å². The van der Waals surface area contributed by atoms with Gasteiger partial charge in [-0.3, -0.25) is 0 Å². The molecule has 0 aliphatic heterocycles. The molecule has 2 nitrogen and oxygen atoms in total. The summed E-state index contributed by atoms with van der Waals surface area (Å²) in [7, 11) is 0. The van der Waals surface area contributed by atoms with Crippen molar-refractivity contribution in [2.45, 2.75) is 6.92 Å². The summed E-state index contributed by atoms with van der Waals surface area (Å²) < 4.78 is 0. The largest absolute Gasteiger partial charge is 0.245 e. The molecule has 0 aliphatic carbocycles. The zero-order chi connectivity index (χ0) is 25.2. The molecule has 37 heavy (non-hydrogen) atoms. The van der Waals surface area contributed by atoms with Crippen molar-refractivity contribution in [3.63, 3.8) is 0 Å². The maximum atomic E-state index is 5.13. The van der Waals surface area contributed by atoms with E-state index in [-0.39, 0.29) is 0 Å². The van der Waals surface area contributed by atoms with Crippen LogP contribution in [0.5, 0.6) is 0 Å². The highest BCUT2D eigenvalue weighted by molar-refractivity contribution is 6.04. The van der Waals surface area contributed by atoms with Gasteiger partial charge < -0.3 is 0 Å². The molecule has 6 rings (SSSR count). The number of hydrogen-bond acceptors (Lipinski definition) is 2. The van der Waals surface area contributed by atoms with Crippen molar-refractivity contribution in [1.82, 2.24) is 9.97 Å². The van der Waals surface area contributed by atoms with Crippen LogP contribution in [0, 0.1) is 0 Å². The molecule has 0 unspecified atom stereocenters. The Hall–Kier alpha value is -4.82. The molecule has 2 aromatic heterocycles. The highest BCUT2D eigenvalue weighted by atomic mass is 14.8. The van der Waals surface area contributed by atoms with E-state index in [2.05, 4.69) is 116 Å². The minimum Gasteiger partial charge on any atom is -0.245 e. The van der Waals surface area contributed by atoms with E-state index in [0.717, 1.165) is 44.3 Å². The zero-order valence-electron chi connectivity index (χ0n) is 20.7. The molecule has 176 valence electrons. The second-order valence-corrected chi connectivity index (χ2v) is 9.10. The van der Waals surface area contributed by atoms with Crippen LogP contribution < -0.4 is 0 Å². The number of rotatable bonds is 5. The summed E-state index contributed by atoms with van der Waals surface area (Å²) in [5, 5.41) is 4.64. The Bertz CT molecular complexity index is 1860. The maximum absolute atomic E-state index is 5.13. The molecule has 0 aliphatic rings. The molecule has 0 saturated heterocycles. The van der Waals surface area contributed by atoms with Crippen LogP contribution in [0.4, 0.5) is 0 Å². The van der Waals surface area contributed by atoms with E-state index in [1.807, 2.05) is 19.1 Å². The van der Waals surface area contributed by atoms with E-state index in [1.165, 1.54) is 21.9 Å². The quantitative estimate of drug-likeness (QED) is 0.184. The third-order valence-corrected chi connectivity index (χ3v) is 6.70. The average molecular weight is 475 g/mol. The van der Waals surface area contributed by atoms with Crippen molar-refractivity contribution in [3.8, 4) is 22.4 Å². The Morgan fingerprint density at radius 1 is 0.622 bits per heavy atom. The third-order valence-electron chi connectivity index (χ3n) is 6.70. The van der Waals surface area contributed by atoms with Gasteiger partial charge >= 0.3 is 0 Å². The van der Waals surface area contributed by atoms with Gasteiger partial charge in [-0.15, -0.1) is 0 Å². The molecule has 2 heteroatoms. The maximum Gasteiger partial charge on any atom is 0.0972 e. The van der Waals surface area contributed by atoms with Crippen LogP contribution in [-0.2, 0) is 0 Å². The van der Waals surface area contributed by atoms with Gasteiger partial charge in [0.25, 0.3) is 0 Å². The lowest BCUT2D eigenvalue weighted by molar-refractivity contribution is 1.33. The molecule has 0 atom stereocenters. The molecular weight excluding hydrogens is 448 g/mol. The Kier molecular flexibility index (Phi) is 5.92. The smallest absolute Gasteiger partial charge is 0.0972 e. The van der Waals surface area contributed by atoms with Crippen LogP contribution >= 0.6 is 0 Å². The molecule has 2 heterocycles. The van der Waals surface area contributed by atoms with Crippen molar-refractivity contribution < 1.29 is 0 Å². The predicted octanol–water partition coefficient (Wildman–Crippen LogP) is 9.42. The van der Waals surface area contributed by atoms with E-state index < -0.39 is 0 Å². The molecule has 0 N–H and O–H groups in total. The van der Waals surface area contributed by atoms with E-state index >= 15 is 0 Å². The van der Waals surface area contributed by atoms with Crippen molar-refractivity contribution in [1.29, 1.82) is 0 Å². The Morgan fingerprint density at radius 2 is 1.30 bits per heavy atom. The van der Waals surface area contributed by atoms with E-state index in [1.54, 1.807) is 6.08 Å². The fraction of sp³-hybridized carbons (Fsp3) is 0.0286. The first-order chi connectivity index (χ1) is 18.2. The van der Waals surface area contributed by atoms with Crippen molar-refractivity contribution in [2.24, 2.45) is 0 Å². The first kappa shape index (κ1) is 22.6. The van der Waals surface area contributed by atoms with Gasteiger partial charge in [0, 0.05) is 16.3 Å². The molecular formula is C35H26N2. The number of fused-ring (bicyclic) bond motifs is 4. The highest BCUT2D eigenvalue weighted by Gasteiger charge is 2.10. The van der Waals surface area contributed by atoms with Gasteiger partial charge in [-0.2, -0.15) is 0 Å². The Balaban J connectivity index is 1.47. The summed E-state index contributed by atoms with van der Waals surface area (Å²) in [5.41, 5.74) is 8.14. The summed E-state index contributed by atoms with van der Waals surface area (Å²) in [4.78, 5) is 10.2. The first-order valence-corrected chi connectivity index (χ1v) is 12.5. The summed E-state index contributed by atoms with van der Waals surface area (Å²) in [6.07, 6.45) is 7.85. The topological polar surface area (TPSA) is 25.8 Å². The van der Waals surface area contributed by atoms with Gasteiger partial charge in [-0.05, 0) is 58.7 Å². The molecule has 0 amide bonds. The lowest BCUT2D eigenvalue weighted by Gasteiger charge is -2.10. The fourth-order valence-electron chi connectivity index (χ4n) is 4.85. The second kappa shape index (κ2) is 9.67. The molecule has 6 aromatic rings. The lowest BCUT2D eigenvalue weighted by atomic mass is 9.98.